The van der Waals surface area contributed by atoms with Crippen molar-refractivity contribution in [3.63, 3.8) is 0 Å². The summed E-state index contributed by atoms with van der Waals surface area (Å²) in [6, 6.07) is 0.271. The lowest BCUT2D eigenvalue weighted by Gasteiger charge is -2.23. The van der Waals surface area contributed by atoms with E-state index in [0.29, 0.717) is 17.0 Å². The Hall–Kier alpha value is -1.41. The van der Waals surface area contributed by atoms with Crippen molar-refractivity contribution in [2.45, 2.75) is 62.7 Å². The minimum absolute atomic E-state index is 0.00669. The topological polar surface area (TPSA) is 155 Å². The predicted octanol–water partition coefficient (Wildman–Crippen LogP) is 0.654. The third-order valence-corrected chi connectivity index (χ3v) is 5.78. The highest BCUT2D eigenvalue weighted by Gasteiger charge is 2.44. The van der Waals surface area contributed by atoms with Gasteiger partial charge in [0.25, 0.3) is 0 Å². The van der Waals surface area contributed by atoms with Crippen LogP contribution in [-0.2, 0) is 20.3 Å². The van der Waals surface area contributed by atoms with Crippen molar-refractivity contribution in [1.82, 2.24) is 19.5 Å². The quantitative estimate of drug-likeness (QED) is 0.425. The normalized spacial score (nSPS) is 29.4. The first-order valence-corrected chi connectivity index (χ1v) is 10.7. The molecule has 1 saturated carbocycles. The molecule has 0 bridgehead atoms. The van der Waals surface area contributed by atoms with E-state index in [1.807, 2.05) is 0 Å². The minimum atomic E-state index is -2.76. The first-order chi connectivity index (χ1) is 13.9. The Kier molecular flexibility index (Phi) is 6.30. The van der Waals surface area contributed by atoms with E-state index in [0.717, 1.165) is 25.7 Å². The Balaban J connectivity index is 1.60. The molecule has 5 atom stereocenters. The number of imidazole rings is 1. The zero-order chi connectivity index (χ0) is 20.5. The number of aliphatic hydroxyl groups is 2. The van der Waals surface area contributed by atoms with Crippen molar-refractivity contribution in [2.75, 3.05) is 11.9 Å². The highest BCUT2D eigenvalue weighted by molar-refractivity contribution is 7.74. The number of hydrogen-bond acceptors (Lipinski definition) is 10. The fraction of sp³-hybridized carbons (Fsp3) is 0.688. The molecule has 0 radical (unpaired) electrons. The molecule has 3 N–H and O–H groups in total. The van der Waals surface area contributed by atoms with Crippen molar-refractivity contribution in [2.24, 2.45) is 0 Å². The van der Waals surface area contributed by atoms with Crippen molar-refractivity contribution in [3.05, 3.63) is 11.6 Å². The molecule has 13 heteroatoms. The Morgan fingerprint density at radius 1 is 1.31 bits per heavy atom. The smallest absolute Gasteiger partial charge is 0.226 e. The van der Waals surface area contributed by atoms with E-state index in [-0.39, 0.29) is 11.3 Å². The zero-order valence-electron chi connectivity index (χ0n) is 15.3. The summed E-state index contributed by atoms with van der Waals surface area (Å²) in [5, 5.41) is 24.0. The van der Waals surface area contributed by atoms with E-state index in [1.54, 1.807) is 0 Å². The number of aromatic nitrogens is 4. The van der Waals surface area contributed by atoms with Gasteiger partial charge >= 0.3 is 0 Å². The van der Waals surface area contributed by atoms with Crippen LogP contribution < -0.4 is 5.32 Å². The van der Waals surface area contributed by atoms with Crippen LogP contribution in [0.1, 0.15) is 38.3 Å². The summed E-state index contributed by atoms with van der Waals surface area (Å²) >= 11 is 3.35. The van der Waals surface area contributed by atoms with Gasteiger partial charge in [-0.15, -0.1) is 0 Å². The average molecular weight is 447 g/mol. The Bertz CT molecular complexity index is 894. The van der Waals surface area contributed by atoms with Crippen molar-refractivity contribution < 1.29 is 27.9 Å². The molecular weight excluding hydrogens is 426 g/mol. The maximum Gasteiger partial charge on any atom is 0.226 e. The van der Waals surface area contributed by atoms with E-state index < -0.39 is 42.5 Å². The summed E-state index contributed by atoms with van der Waals surface area (Å²) in [5.74, 6) is 0.500. The van der Waals surface area contributed by atoms with E-state index >= 15 is 0 Å². The number of nitrogens with one attached hydrogen (secondary N) is 1. The molecule has 2 aliphatic rings. The molecule has 0 spiro atoms. The van der Waals surface area contributed by atoms with E-state index in [9.17, 15) is 19.0 Å². The monoisotopic (exact) mass is 446 g/mol. The third-order valence-electron chi connectivity index (χ3n) is 5.28. The molecule has 160 valence electrons. The highest BCUT2D eigenvalue weighted by atomic mass is 35.5. The number of ether oxygens (including phenoxy) is 1. The molecule has 2 fully saturated rings. The van der Waals surface area contributed by atoms with Gasteiger partial charge in [-0.25, -0.2) is 9.19 Å². The van der Waals surface area contributed by atoms with Crippen molar-refractivity contribution >= 4 is 39.9 Å². The zero-order valence-corrected chi connectivity index (χ0v) is 16.9. The van der Waals surface area contributed by atoms with Gasteiger partial charge in [-0.05, 0) is 24.4 Å². The molecule has 1 aliphatic heterocycles. The molecule has 1 unspecified atom stereocenters. The lowest BCUT2D eigenvalue weighted by molar-refractivity contribution is -0.0469. The SMILES string of the molecule is O=S([O-])OC[C@H]1O[C@@H](n2cnc3c(NC4CCCCC4)nc(Cl)nc32)[C@H](O)[C@@H]1O. The highest BCUT2D eigenvalue weighted by Crippen LogP contribution is 2.33. The third kappa shape index (κ3) is 4.38. The van der Waals surface area contributed by atoms with Gasteiger partial charge < -0.3 is 24.8 Å². The second kappa shape index (κ2) is 8.76. The van der Waals surface area contributed by atoms with Gasteiger partial charge in [0, 0.05) is 6.04 Å². The molecule has 0 aromatic carbocycles. The molecule has 11 nitrogen and oxygen atoms in total. The van der Waals surface area contributed by atoms with Crippen LogP contribution >= 0.6 is 11.6 Å². The van der Waals surface area contributed by atoms with Crippen LogP contribution in [-0.4, -0.2) is 69.5 Å². The van der Waals surface area contributed by atoms with Crippen LogP contribution in [0, 0.1) is 0 Å². The average Bonchev–Trinajstić information content (AvgIpc) is 3.23. The summed E-state index contributed by atoms with van der Waals surface area (Å²) in [6.45, 7) is -0.429. The standard InChI is InChI=1S/C16H22ClN5O6S/c17-16-20-13(19-8-4-2-1-3-5-8)10-14(21-16)22(7-18-10)15-12(24)11(23)9(28-15)6-27-29(25)26/h7-9,11-12,15,23-24H,1-6H2,(H,25,26)(H,19,20,21)/p-1/t9-,11-,12-,15-/m1/s1. The number of nitrogens with zero attached hydrogens (tertiary/aromatic N) is 4. The van der Waals surface area contributed by atoms with Crippen LogP contribution in [0.2, 0.25) is 5.28 Å². The Morgan fingerprint density at radius 2 is 2.07 bits per heavy atom. The molecular formula is C16H21ClN5O6S-. The summed E-state index contributed by atoms with van der Waals surface area (Å²) in [5.41, 5.74) is 0.791. The second-order valence-corrected chi connectivity index (χ2v) is 8.16. The number of halogens is 1. The van der Waals surface area contributed by atoms with Crippen LogP contribution in [0.4, 0.5) is 5.82 Å². The van der Waals surface area contributed by atoms with Gasteiger partial charge in [-0.3, -0.25) is 8.75 Å². The van der Waals surface area contributed by atoms with Gasteiger partial charge in [0.1, 0.15) is 18.3 Å². The summed E-state index contributed by atoms with van der Waals surface area (Å²) in [4.78, 5) is 12.8. The molecule has 3 heterocycles. The number of fused-ring (bicyclic) bond motifs is 1. The predicted molar refractivity (Wildman–Crippen MR) is 102 cm³/mol. The van der Waals surface area contributed by atoms with Crippen LogP contribution in [0.3, 0.4) is 0 Å². The van der Waals surface area contributed by atoms with Crippen LogP contribution in [0.15, 0.2) is 6.33 Å². The molecule has 4 rings (SSSR count). The van der Waals surface area contributed by atoms with Crippen LogP contribution in [0.25, 0.3) is 11.2 Å². The molecule has 1 aliphatic carbocycles. The number of hydrogen-bond donors (Lipinski definition) is 3. The molecule has 2 aromatic rings. The van der Waals surface area contributed by atoms with E-state index in [4.69, 9.17) is 16.3 Å². The van der Waals surface area contributed by atoms with Gasteiger partial charge in [0.15, 0.2) is 23.2 Å². The van der Waals surface area contributed by atoms with Crippen molar-refractivity contribution in [1.29, 1.82) is 0 Å². The largest absolute Gasteiger partial charge is 0.750 e. The second-order valence-electron chi connectivity index (χ2n) is 7.18. The maximum atomic E-state index is 10.6. The molecule has 0 amide bonds. The summed E-state index contributed by atoms with van der Waals surface area (Å²) < 4.78 is 32.7. The number of aliphatic hydroxyl groups excluding tert-OH is 2. The van der Waals surface area contributed by atoms with Gasteiger partial charge in [-0.1, -0.05) is 19.3 Å². The minimum Gasteiger partial charge on any atom is -0.750 e. The lowest BCUT2D eigenvalue weighted by Crippen LogP contribution is -2.34. The number of rotatable bonds is 6. The first kappa shape index (κ1) is 20.8. The molecule has 29 heavy (non-hydrogen) atoms. The van der Waals surface area contributed by atoms with Gasteiger partial charge in [0.2, 0.25) is 5.28 Å². The first-order valence-electron chi connectivity index (χ1n) is 9.35. The van der Waals surface area contributed by atoms with E-state index in [1.165, 1.54) is 17.3 Å². The lowest BCUT2D eigenvalue weighted by atomic mass is 9.95. The number of anilines is 1. The fourth-order valence-corrected chi connectivity index (χ4v) is 4.25. The maximum absolute atomic E-state index is 10.6. The van der Waals surface area contributed by atoms with Gasteiger partial charge in [0.05, 0.1) is 24.3 Å². The summed E-state index contributed by atoms with van der Waals surface area (Å²) in [7, 11) is 0. The fourth-order valence-electron chi connectivity index (χ4n) is 3.84. The Labute approximate surface area is 173 Å². The van der Waals surface area contributed by atoms with Crippen LogP contribution in [0.5, 0.6) is 0 Å². The molecule has 2 aromatic heterocycles. The van der Waals surface area contributed by atoms with E-state index in [2.05, 4.69) is 24.5 Å². The Morgan fingerprint density at radius 3 is 2.79 bits per heavy atom. The van der Waals surface area contributed by atoms with Crippen molar-refractivity contribution in [3.8, 4) is 0 Å². The summed E-state index contributed by atoms with van der Waals surface area (Å²) in [6.07, 6.45) is 2.21. The van der Waals surface area contributed by atoms with Gasteiger partial charge in [-0.2, -0.15) is 9.97 Å². The molecule has 1 saturated heterocycles.